The van der Waals surface area contributed by atoms with Crippen LogP contribution in [0.25, 0.3) is 0 Å². The number of nitrogens with zero attached hydrogens (tertiary/aromatic N) is 1. The Morgan fingerprint density at radius 2 is 1.79 bits per heavy atom. The number of halogens is 1. The van der Waals surface area contributed by atoms with E-state index >= 15 is 0 Å². The minimum atomic E-state index is -0.269. The maximum absolute atomic E-state index is 12.5. The predicted octanol–water partition coefficient (Wildman–Crippen LogP) is 2.92. The van der Waals surface area contributed by atoms with Crippen LogP contribution in [-0.2, 0) is 4.79 Å². The fourth-order valence-corrected chi connectivity index (χ4v) is 2.80. The quantitative estimate of drug-likeness (QED) is 0.797. The van der Waals surface area contributed by atoms with Gasteiger partial charge in [-0.15, -0.1) is 0 Å². The molecule has 1 aromatic carbocycles. The van der Waals surface area contributed by atoms with Gasteiger partial charge in [-0.25, -0.2) is 0 Å². The number of hydrogen-bond acceptors (Lipinski definition) is 2. The number of carbonyl (C=O) groups excluding carboxylic acids is 2. The van der Waals surface area contributed by atoms with Crippen molar-refractivity contribution in [3.8, 4) is 0 Å². The zero-order valence-corrected chi connectivity index (χ0v) is 11.4. The second kappa shape index (κ2) is 4.97. The van der Waals surface area contributed by atoms with Crippen LogP contribution in [0.15, 0.2) is 24.3 Å². The van der Waals surface area contributed by atoms with Crippen molar-refractivity contribution in [3.05, 3.63) is 34.9 Å². The van der Waals surface area contributed by atoms with Crippen molar-refractivity contribution in [2.24, 2.45) is 5.92 Å². The van der Waals surface area contributed by atoms with Crippen LogP contribution < -0.4 is 0 Å². The van der Waals surface area contributed by atoms with Crippen molar-refractivity contribution >= 4 is 23.3 Å². The Bertz CT molecular complexity index is 507. The Morgan fingerprint density at radius 3 is 2.42 bits per heavy atom. The van der Waals surface area contributed by atoms with Gasteiger partial charge in [-0.1, -0.05) is 11.6 Å². The number of benzene rings is 1. The summed E-state index contributed by atoms with van der Waals surface area (Å²) in [6.07, 6.45) is 3.66. The molecule has 1 heterocycles. The Morgan fingerprint density at radius 1 is 1.11 bits per heavy atom. The maximum Gasteiger partial charge on any atom is 0.226 e. The van der Waals surface area contributed by atoms with Crippen molar-refractivity contribution in [2.45, 2.75) is 31.7 Å². The first-order valence-corrected chi connectivity index (χ1v) is 7.15. The van der Waals surface area contributed by atoms with Gasteiger partial charge in [0.1, 0.15) is 0 Å². The van der Waals surface area contributed by atoms with Crippen molar-refractivity contribution < 1.29 is 9.59 Å². The molecule has 19 heavy (non-hydrogen) atoms. The second-order valence-electron chi connectivity index (χ2n) is 5.34. The Kier molecular flexibility index (Phi) is 3.31. The molecule has 1 unspecified atom stereocenters. The van der Waals surface area contributed by atoms with Crippen LogP contribution in [0.2, 0.25) is 5.02 Å². The van der Waals surface area contributed by atoms with E-state index in [1.807, 2.05) is 0 Å². The van der Waals surface area contributed by atoms with Crippen LogP contribution in [0.3, 0.4) is 0 Å². The van der Waals surface area contributed by atoms with E-state index in [9.17, 15) is 9.59 Å². The fraction of sp³-hybridized carbons (Fsp3) is 0.467. The van der Waals surface area contributed by atoms with E-state index in [1.54, 1.807) is 29.2 Å². The van der Waals surface area contributed by atoms with Gasteiger partial charge in [0, 0.05) is 23.0 Å². The van der Waals surface area contributed by atoms with E-state index in [1.165, 1.54) is 0 Å². The first-order chi connectivity index (χ1) is 9.16. The number of Topliss-reactive ketones (excluding diaryl/α,β-unsaturated/α-hetero) is 1. The molecule has 2 aliphatic rings. The highest BCUT2D eigenvalue weighted by Crippen LogP contribution is 2.34. The number of amides is 1. The molecule has 4 heteroatoms. The zero-order chi connectivity index (χ0) is 13.4. The summed E-state index contributed by atoms with van der Waals surface area (Å²) in [5.41, 5.74) is 0.643. The van der Waals surface area contributed by atoms with Gasteiger partial charge >= 0.3 is 0 Å². The van der Waals surface area contributed by atoms with Crippen LogP contribution in [0, 0.1) is 5.92 Å². The normalized spacial score (nSPS) is 22.6. The highest BCUT2D eigenvalue weighted by molar-refractivity contribution is 6.30. The summed E-state index contributed by atoms with van der Waals surface area (Å²) in [6, 6.07) is 6.65. The van der Waals surface area contributed by atoms with Crippen LogP contribution in [0.1, 0.15) is 36.0 Å². The molecule has 1 amide bonds. The van der Waals surface area contributed by atoms with Crippen LogP contribution >= 0.6 is 11.6 Å². The summed E-state index contributed by atoms with van der Waals surface area (Å²) in [4.78, 5) is 26.4. The fourth-order valence-electron chi connectivity index (χ4n) is 2.67. The largest absolute Gasteiger partial charge is 0.332 e. The second-order valence-corrected chi connectivity index (χ2v) is 5.77. The third kappa shape index (κ3) is 2.52. The summed E-state index contributed by atoms with van der Waals surface area (Å²) in [5.74, 6) is 0.395. The van der Waals surface area contributed by atoms with Crippen molar-refractivity contribution in [2.75, 3.05) is 6.54 Å². The first kappa shape index (κ1) is 12.7. The molecule has 1 aromatic rings. The Labute approximate surface area is 117 Å². The molecule has 1 atom stereocenters. The van der Waals surface area contributed by atoms with Gasteiger partial charge in [-0.3, -0.25) is 9.59 Å². The number of ketones is 1. The lowest BCUT2D eigenvalue weighted by Gasteiger charge is -2.23. The molecule has 0 spiro atoms. The minimum Gasteiger partial charge on any atom is -0.332 e. The molecule has 0 aromatic heterocycles. The van der Waals surface area contributed by atoms with Crippen LogP contribution in [-0.4, -0.2) is 29.2 Å². The molecular formula is C15H16ClNO2. The SMILES string of the molecule is O=C(c1ccc(Cl)cc1)C1CCCN1C(=O)C1CC1. The van der Waals surface area contributed by atoms with E-state index in [2.05, 4.69) is 0 Å². The average Bonchev–Trinajstić information content (AvgIpc) is 3.15. The monoisotopic (exact) mass is 277 g/mol. The summed E-state index contributed by atoms with van der Waals surface area (Å²) >= 11 is 5.83. The van der Waals surface area contributed by atoms with E-state index in [0.717, 1.165) is 32.2 Å². The molecule has 0 N–H and O–H groups in total. The molecule has 1 aliphatic carbocycles. The Hall–Kier alpha value is -1.35. The van der Waals surface area contributed by atoms with Gasteiger partial charge < -0.3 is 4.90 Å². The molecule has 3 nitrogen and oxygen atoms in total. The third-order valence-corrected chi connectivity index (χ3v) is 4.15. The molecule has 2 fully saturated rings. The lowest BCUT2D eigenvalue weighted by atomic mass is 10.0. The lowest BCUT2D eigenvalue weighted by molar-refractivity contribution is -0.132. The lowest BCUT2D eigenvalue weighted by Crippen LogP contribution is -2.41. The van der Waals surface area contributed by atoms with Crippen LogP contribution in [0.4, 0.5) is 0 Å². The topological polar surface area (TPSA) is 37.4 Å². The van der Waals surface area contributed by atoms with Gasteiger partial charge in [-0.05, 0) is 49.9 Å². The van der Waals surface area contributed by atoms with E-state index in [-0.39, 0.29) is 23.7 Å². The zero-order valence-electron chi connectivity index (χ0n) is 10.6. The van der Waals surface area contributed by atoms with Crippen LogP contribution in [0.5, 0.6) is 0 Å². The predicted molar refractivity (Wildman–Crippen MR) is 73.2 cm³/mol. The smallest absolute Gasteiger partial charge is 0.226 e. The van der Waals surface area contributed by atoms with Gasteiger partial charge in [-0.2, -0.15) is 0 Å². The molecule has 3 rings (SSSR count). The number of rotatable bonds is 3. The van der Waals surface area contributed by atoms with Crippen molar-refractivity contribution in [1.82, 2.24) is 4.90 Å². The molecule has 0 bridgehead atoms. The molecular weight excluding hydrogens is 262 g/mol. The summed E-state index contributed by atoms with van der Waals surface area (Å²) in [7, 11) is 0. The van der Waals surface area contributed by atoms with Gasteiger partial charge in [0.15, 0.2) is 5.78 Å². The minimum absolute atomic E-state index is 0.0446. The number of carbonyl (C=O) groups is 2. The molecule has 1 saturated carbocycles. The molecule has 100 valence electrons. The van der Waals surface area contributed by atoms with Gasteiger partial charge in [0.05, 0.1) is 6.04 Å². The van der Waals surface area contributed by atoms with Gasteiger partial charge in [0.2, 0.25) is 5.91 Å². The van der Waals surface area contributed by atoms with E-state index < -0.39 is 0 Å². The number of likely N-dealkylation sites (tertiary alicyclic amines) is 1. The first-order valence-electron chi connectivity index (χ1n) is 6.77. The van der Waals surface area contributed by atoms with Crippen molar-refractivity contribution in [3.63, 3.8) is 0 Å². The van der Waals surface area contributed by atoms with E-state index in [0.29, 0.717) is 10.6 Å². The summed E-state index contributed by atoms with van der Waals surface area (Å²) in [5, 5.41) is 0.619. The highest BCUT2D eigenvalue weighted by atomic mass is 35.5. The van der Waals surface area contributed by atoms with Gasteiger partial charge in [0.25, 0.3) is 0 Å². The number of hydrogen-bond donors (Lipinski definition) is 0. The maximum atomic E-state index is 12.5. The highest BCUT2D eigenvalue weighted by Gasteiger charge is 2.40. The van der Waals surface area contributed by atoms with E-state index in [4.69, 9.17) is 11.6 Å². The molecule has 1 saturated heterocycles. The van der Waals surface area contributed by atoms with Crippen molar-refractivity contribution in [1.29, 1.82) is 0 Å². The summed E-state index contributed by atoms with van der Waals surface area (Å²) < 4.78 is 0. The third-order valence-electron chi connectivity index (χ3n) is 3.89. The summed E-state index contributed by atoms with van der Waals surface area (Å²) in [6.45, 7) is 0.722. The standard InChI is InChI=1S/C15H16ClNO2/c16-12-7-5-10(6-8-12)14(18)13-2-1-9-17(13)15(19)11-3-4-11/h5-8,11,13H,1-4,9H2. The average molecular weight is 278 g/mol. The molecule has 1 aliphatic heterocycles. The Balaban J connectivity index is 1.78. The molecule has 0 radical (unpaired) electrons.